The summed E-state index contributed by atoms with van der Waals surface area (Å²) in [7, 11) is 0. The van der Waals surface area contributed by atoms with Crippen LogP contribution in [0.2, 0.25) is 0 Å². The molecule has 0 saturated heterocycles. The highest BCUT2D eigenvalue weighted by atomic mass is 32.1. The Morgan fingerprint density at radius 3 is 2.75 bits per heavy atom. The first-order valence-corrected chi connectivity index (χ1v) is 12.0. The van der Waals surface area contributed by atoms with Crippen molar-refractivity contribution >= 4 is 33.9 Å². The minimum atomic E-state index is -4.85. The molecule has 2 aromatic rings. The fourth-order valence-electron chi connectivity index (χ4n) is 3.66. The Morgan fingerprint density at radius 1 is 1.28 bits per heavy atom. The van der Waals surface area contributed by atoms with Crippen LogP contribution in [0.1, 0.15) is 46.5 Å². The van der Waals surface area contributed by atoms with Gasteiger partial charge in [0.05, 0.1) is 5.52 Å². The second-order valence-corrected chi connectivity index (χ2v) is 8.94. The molecule has 0 aliphatic heterocycles. The summed E-state index contributed by atoms with van der Waals surface area (Å²) in [5.74, 6) is -0.649. The van der Waals surface area contributed by atoms with E-state index in [9.17, 15) is 18.3 Å². The van der Waals surface area contributed by atoms with E-state index in [1.54, 1.807) is 4.57 Å². The average molecular weight is 519 g/mol. The maximum atomic E-state index is 12.8. The molecular formula is C26H29F3N4O2S. The average Bonchev–Trinajstić information content (AvgIpc) is 2.95. The van der Waals surface area contributed by atoms with Gasteiger partial charge in [-0.2, -0.15) is 0 Å². The molecule has 192 valence electrons. The minimum absolute atomic E-state index is 0.00850. The van der Waals surface area contributed by atoms with Gasteiger partial charge in [-0.3, -0.25) is 0 Å². The SMILES string of the molecule is CC/C(=C\C=C(C)C)Cn1c(O)c(N=NC(=S)NC2=CC=CCCC2)c2cc(OC(F)(F)F)ccc21. The first-order chi connectivity index (χ1) is 17.1. The summed E-state index contributed by atoms with van der Waals surface area (Å²) >= 11 is 5.28. The molecule has 1 aromatic heterocycles. The summed E-state index contributed by atoms with van der Waals surface area (Å²) in [6, 6.07) is 3.85. The zero-order chi connectivity index (χ0) is 26.3. The van der Waals surface area contributed by atoms with Gasteiger partial charge >= 0.3 is 6.36 Å². The number of azo groups is 1. The van der Waals surface area contributed by atoms with Crippen LogP contribution in [-0.2, 0) is 6.54 Å². The molecule has 0 unspecified atom stereocenters. The molecule has 36 heavy (non-hydrogen) atoms. The Kier molecular flexibility index (Phi) is 9.08. The molecule has 10 heteroatoms. The molecule has 0 atom stereocenters. The fourth-order valence-corrected chi connectivity index (χ4v) is 3.84. The van der Waals surface area contributed by atoms with Crippen molar-refractivity contribution < 1.29 is 23.0 Å². The lowest BCUT2D eigenvalue weighted by atomic mass is 10.1. The van der Waals surface area contributed by atoms with Crippen LogP contribution in [-0.4, -0.2) is 21.1 Å². The van der Waals surface area contributed by atoms with Gasteiger partial charge < -0.3 is 19.7 Å². The van der Waals surface area contributed by atoms with Gasteiger partial charge in [-0.05, 0) is 76.0 Å². The van der Waals surface area contributed by atoms with Crippen molar-refractivity contribution in [3.63, 3.8) is 0 Å². The third-order valence-corrected chi connectivity index (χ3v) is 5.63. The molecule has 1 aliphatic carbocycles. The number of ether oxygens (including phenoxy) is 1. The Bertz CT molecular complexity index is 1270. The number of nitrogens with one attached hydrogen (secondary N) is 1. The van der Waals surface area contributed by atoms with Gasteiger partial charge in [0.15, 0.2) is 5.69 Å². The van der Waals surface area contributed by atoms with E-state index in [0.717, 1.165) is 36.1 Å². The van der Waals surface area contributed by atoms with Crippen LogP contribution < -0.4 is 10.1 Å². The van der Waals surface area contributed by atoms with Crippen LogP contribution in [0.3, 0.4) is 0 Å². The van der Waals surface area contributed by atoms with E-state index >= 15 is 0 Å². The summed E-state index contributed by atoms with van der Waals surface area (Å²) in [6.45, 7) is 6.26. The van der Waals surface area contributed by atoms with Gasteiger partial charge in [0.25, 0.3) is 0 Å². The van der Waals surface area contributed by atoms with Crippen molar-refractivity contribution in [2.24, 2.45) is 10.2 Å². The topological polar surface area (TPSA) is 71.1 Å². The van der Waals surface area contributed by atoms with E-state index in [4.69, 9.17) is 12.2 Å². The molecule has 6 nitrogen and oxygen atoms in total. The van der Waals surface area contributed by atoms with Crippen LogP contribution in [0, 0.1) is 0 Å². The summed E-state index contributed by atoms with van der Waals surface area (Å²) < 4.78 is 44.2. The predicted octanol–water partition coefficient (Wildman–Crippen LogP) is 8.13. The molecule has 0 saturated carbocycles. The van der Waals surface area contributed by atoms with Gasteiger partial charge in [0, 0.05) is 17.6 Å². The lowest BCUT2D eigenvalue weighted by molar-refractivity contribution is -0.274. The number of aromatic hydroxyl groups is 1. The summed E-state index contributed by atoms with van der Waals surface area (Å²) in [4.78, 5) is 0. The van der Waals surface area contributed by atoms with Gasteiger partial charge in [-0.1, -0.05) is 42.4 Å². The number of rotatable bonds is 7. The number of nitrogens with zero attached hydrogens (tertiary/aromatic N) is 3. The molecule has 0 radical (unpaired) electrons. The lowest BCUT2D eigenvalue weighted by Crippen LogP contribution is -2.18. The summed E-state index contributed by atoms with van der Waals surface area (Å²) in [5.41, 5.74) is 3.51. The second kappa shape index (κ2) is 12.0. The van der Waals surface area contributed by atoms with Crippen molar-refractivity contribution in [2.75, 3.05) is 0 Å². The first kappa shape index (κ1) is 27.2. The quantitative estimate of drug-likeness (QED) is 0.221. The van der Waals surface area contributed by atoms with Crippen LogP contribution in [0.25, 0.3) is 10.9 Å². The Labute approximate surface area is 213 Å². The van der Waals surface area contributed by atoms with Gasteiger partial charge in [0.2, 0.25) is 11.0 Å². The van der Waals surface area contributed by atoms with Gasteiger partial charge in [-0.15, -0.1) is 23.4 Å². The number of benzene rings is 1. The highest BCUT2D eigenvalue weighted by molar-refractivity contribution is 7.80. The van der Waals surface area contributed by atoms with Crippen LogP contribution >= 0.6 is 12.2 Å². The molecule has 3 rings (SSSR count). The van der Waals surface area contributed by atoms with E-state index in [2.05, 4.69) is 26.4 Å². The van der Waals surface area contributed by atoms with Crippen LogP contribution in [0.15, 0.2) is 75.7 Å². The van der Waals surface area contributed by atoms with Crippen molar-refractivity contribution in [3.8, 4) is 11.6 Å². The molecule has 0 amide bonds. The monoisotopic (exact) mass is 518 g/mol. The molecule has 1 aromatic carbocycles. The van der Waals surface area contributed by atoms with Crippen molar-refractivity contribution in [1.29, 1.82) is 0 Å². The summed E-state index contributed by atoms with van der Waals surface area (Å²) in [5, 5.41) is 22.6. The minimum Gasteiger partial charge on any atom is -0.493 e. The van der Waals surface area contributed by atoms with E-state index in [1.807, 2.05) is 45.1 Å². The number of allylic oxidation sites excluding steroid dienone is 8. The van der Waals surface area contributed by atoms with Crippen molar-refractivity contribution in [2.45, 2.75) is 59.4 Å². The Hall–Kier alpha value is -3.40. The van der Waals surface area contributed by atoms with Crippen molar-refractivity contribution in [3.05, 3.63) is 65.4 Å². The van der Waals surface area contributed by atoms with Crippen LogP contribution in [0.4, 0.5) is 18.9 Å². The molecule has 0 spiro atoms. The molecule has 0 fully saturated rings. The fraction of sp³-hybridized carbons (Fsp3) is 0.346. The molecule has 1 heterocycles. The number of fused-ring (bicyclic) bond motifs is 1. The van der Waals surface area contributed by atoms with Crippen molar-refractivity contribution in [1.82, 2.24) is 9.88 Å². The number of hydrogen-bond acceptors (Lipinski definition) is 4. The normalized spacial score (nSPS) is 14.6. The molecule has 1 aliphatic rings. The standard InChI is InChI=1S/C26H29F3N4O2S/c1-4-18(12-11-17(2)3)16-33-22-14-13-20(35-26(27,28)29)15-21(22)23(24(33)34)31-32-25(36)30-19-9-7-5-6-8-10-19/h5,7,9,11-15,34H,4,6,8,10,16H2,1-3H3,(H,30,36)/b18-12+,32-31?. The molecular weight excluding hydrogens is 489 g/mol. The van der Waals surface area contributed by atoms with E-state index in [-0.39, 0.29) is 22.1 Å². The maximum absolute atomic E-state index is 12.8. The van der Waals surface area contributed by atoms with E-state index in [1.165, 1.54) is 18.2 Å². The van der Waals surface area contributed by atoms with Gasteiger partial charge in [-0.25, -0.2) is 0 Å². The number of halogens is 3. The first-order valence-electron chi connectivity index (χ1n) is 11.6. The third-order valence-electron chi connectivity index (χ3n) is 5.44. The largest absolute Gasteiger partial charge is 0.573 e. The van der Waals surface area contributed by atoms with Crippen LogP contribution in [0.5, 0.6) is 11.6 Å². The number of thiocarbonyl (C=S) groups is 1. The maximum Gasteiger partial charge on any atom is 0.573 e. The zero-order valence-corrected chi connectivity index (χ0v) is 21.2. The number of hydrogen-bond donors (Lipinski definition) is 2. The molecule has 0 bridgehead atoms. The highest BCUT2D eigenvalue weighted by Crippen LogP contribution is 2.41. The number of alkyl halides is 3. The lowest BCUT2D eigenvalue weighted by Gasteiger charge is -2.11. The van der Waals surface area contributed by atoms with E-state index in [0.29, 0.717) is 18.5 Å². The Morgan fingerprint density at radius 2 is 2.06 bits per heavy atom. The third kappa shape index (κ3) is 7.55. The summed E-state index contributed by atoms with van der Waals surface area (Å²) in [6.07, 6.45) is 8.43. The zero-order valence-electron chi connectivity index (χ0n) is 20.4. The highest BCUT2D eigenvalue weighted by Gasteiger charge is 2.31. The molecule has 2 N–H and O–H groups in total. The predicted molar refractivity (Wildman–Crippen MR) is 139 cm³/mol. The Balaban J connectivity index is 2.01. The second-order valence-electron chi connectivity index (χ2n) is 8.55. The smallest absolute Gasteiger partial charge is 0.493 e. The van der Waals surface area contributed by atoms with E-state index < -0.39 is 12.1 Å². The number of aromatic nitrogens is 1. The van der Waals surface area contributed by atoms with Gasteiger partial charge in [0.1, 0.15) is 5.75 Å².